The summed E-state index contributed by atoms with van der Waals surface area (Å²) in [7, 11) is 1.92. The van der Waals surface area contributed by atoms with Crippen molar-refractivity contribution in [1.29, 1.82) is 0 Å². The second-order valence-electron chi connectivity index (χ2n) is 7.06. The van der Waals surface area contributed by atoms with Gasteiger partial charge in [-0.25, -0.2) is 0 Å². The monoisotopic (exact) mass is 454 g/mol. The first kappa shape index (κ1) is 22.0. The molecule has 1 aromatic heterocycles. The Bertz CT molecular complexity index is 903. The van der Waals surface area contributed by atoms with E-state index in [9.17, 15) is 9.59 Å². The number of rotatable bonds is 7. The average Bonchev–Trinajstić information content (AvgIpc) is 3.07. The van der Waals surface area contributed by atoms with E-state index in [4.69, 9.17) is 23.2 Å². The Morgan fingerprint density at radius 3 is 2.90 bits per heavy atom. The van der Waals surface area contributed by atoms with Crippen molar-refractivity contribution in [3.8, 4) is 0 Å². The molecular formula is C20H24Cl2N4O2S. The largest absolute Gasteiger partial charge is 0.347 e. The molecule has 0 radical (unpaired) electrons. The van der Waals surface area contributed by atoms with Gasteiger partial charge in [0.05, 0.1) is 22.8 Å². The lowest BCUT2D eigenvalue weighted by atomic mass is 9.92. The number of aryl methyl sites for hydroxylation is 1. The van der Waals surface area contributed by atoms with Gasteiger partial charge in [-0.1, -0.05) is 23.2 Å². The molecule has 1 aromatic carbocycles. The summed E-state index contributed by atoms with van der Waals surface area (Å²) in [5, 5.41) is 11.0. The minimum absolute atomic E-state index is 0.0900. The number of benzene rings is 1. The average molecular weight is 455 g/mol. The quantitative estimate of drug-likeness (QED) is 0.667. The Hall–Kier alpha value is -1.70. The second kappa shape index (κ2) is 9.87. The predicted molar refractivity (Wildman–Crippen MR) is 118 cm³/mol. The molecule has 1 aliphatic rings. The van der Waals surface area contributed by atoms with Crippen LogP contribution in [0, 0.1) is 0 Å². The van der Waals surface area contributed by atoms with Crippen molar-refractivity contribution in [2.24, 2.45) is 7.05 Å². The third-order valence-electron chi connectivity index (χ3n) is 5.10. The lowest BCUT2D eigenvalue weighted by Crippen LogP contribution is -2.48. The maximum absolute atomic E-state index is 13.0. The van der Waals surface area contributed by atoms with Gasteiger partial charge in [-0.05, 0) is 55.9 Å². The molecule has 9 heteroatoms. The van der Waals surface area contributed by atoms with E-state index in [1.54, 1.807) is 23.9 Å². The number of hydrogen-bond acceptors (Lipinski definition) is 4. The van der Waals surface area contributed by atoms with E-state index in [1.807, 2.05) is 24.2 Å². The minimum Gasteiger partial charge on any atom is -0.347 e. The van der Waals surface area contributed by atoms with E-state index < -0.39 is 11.9 Å². The van der Waals surface area contributed by atoms with Gasteiger partial charge < -0.3 is 10.6 Å². The van der Waals surface area contributed by atoms with Gasteiger partial charge >= 0.3 is 0 Å². The standard InChI is InChI=1S/C20H24Cl2N4O2S/c1-26-18-5-3-4-16(14(18)11-23-26)24-20(28)17(8-9-29-2)25-19(27)13-7-6-12(21)10-15(13)22/h6-7,10-11,16-17H,3-5,8-9H2,1-2H3,(H,24,28)(H,25,27). The zero-order valence-corrected chi connectivity index (χ0v) is 18.7. The van der Waals surface area contributed by atoms with Gasteiger partial charge in [0.2, 0.25) is 5.91 Å². The fourth-order valence-corrected chi connectivity index (χ4v) is 4.51. The Kier molecular flexibility index (Phi) is 7.49. The number of thioether (sulfide) groups is 1. The van der Waals surface area contributed by atoms with Crippen LogP contribution in [0.5, 0.6) is 0 Å². The molecule has 0 aliphatic heterocycles. The zero-order valence-electron chi connectivity index (χ0n) is 16.4. The van der Waals surface area contributed by atoms with Crippen molar-refractivity contribution in [1.82, 2.24) is 20.4 Å². The molecule has 6 nitrogen and oxygen atoms in total. The van der Waals surface area contributed by atoms with E-state index in [2.05, 4.69) is 15.7 Å². The molecule has 2 unspecified atom stereocenters. The van der Waals surface area contributed by atoms with Crippen LogP contribution in [0.4, 0.5) is 0 Å². The number of carbonyl (C=O) groups is 2. The Morgan fingerprint density at radius 1 is 1.38 bits per heavy atom. The molecule has 0 fully saturated rings. The van der Waals surface area contributed by atoms with Crippen LogP contribution < -0.4 is 10.6 Å². The second-order valence-corrected chi connectivity index (χ2v) is 8.88. The van der Waals surface area contributed by atoms with Gasteiger partial charge in [0, 0.05) is 23.3 Å². The van der Waals surface area contributed by atoms with E-state index >= 15 is 0 Å². The summed E-state index contributed by atoms with van der Waals surface area (Å²) >= 11 is 13.7. The van der Waals surface area contributed by atoms with E-state index in [1.165, 1.54) is 6.07 Å². The number of carbonyl (C=O) groups excluding carboxylic acids is 2. The lowest BCUT2D eigenvalue weighted by molar-refractivity contribution is -0.123. The first-order chi connectivity index (χ1) is 13.9. The lowest BCUT2D eigenvalue weighted by Gasteiger charge is -2.26. The van der Waals surface area contributed by atoms with Crippen LogP contribution in [0.15, 0.2) is 24.4 Å². The highest BCUT2D eigenvalue weighted by Gasteiger charge is 2.28. The van der Waals surface area contributed by atoms with Gasteiger partial charge in [0.15, 0.2) is 0 Å². The highest BCUT2D eigenvalue weighted by atomic mass is 35.5. The summed E-state index contributed by atoms with van der Waals surface area (Å²) in [6.07, 6.45) is 7.12. The molecule has 0 saturated heterocycles. The molecule has 2 amide bonds. The van der Waals surface area contributed by atoms with Crippen LogP contribution in [0.25, 0.3) is 0 Å². The number of halogens is 2. The van der Waals surface area contributed by atoms with Crippen LogP contribution in [0.1, 0.15) is 46.9 Å². The van der Waals surface area contributed by atoms with Gasteiger partial charge in [-0.3, -0.25) is 14.3 Å². The Labute approximate surface area is 184 Å². The predicted octanol–water partition coefficient (Wildman–Crippen LogP) is 3.77. The summed E-state index contributed by atoms with van der Waals surface area (Å²) in [5.41, 5.74) is 2.51. The van der Waals surface area contributed by atoms with Gasteiger partial charge in [0.25, 0.3) is 5.91 Å². The summed E-state index contributed by atoms with van der Waals surface area (Å²) < 4.78 is 1.86. The number of hydrogen-bond donors (Lipinski definition) is 2. The molecule has 156 valence electrons. The SMILES string of the molecule is CSCCC(NC(=O)c1ccc(Cl)cc1Cl)C(=O)NC1CCCc2c1cnn2C. The molecule has 0 spiro atoms. The van der Waals surface area contributed by atoms with Crippen molar-refractivity contribution in [3.63, 3.8) is 0 Å². The molecule has 1 aliphatic carbocycles. The van der Waals surface area contributed by atoms with Crippen LogP contribution >= 0.6 is 35.0 Å². The summed E-state index contributed by atoms with van der Waals surface area (Å²) in [6, 6.07) is 3.94. The van der Waals surface area contributed by atoms with Crippen molar-refractivity contribution < 1.29 is 9.59 Å². The molecule has 3 rings (SSSR count). The third kappa shape index (κ3) is 5.27. The fourth-order valence-electron chi connectivity index (χ4n) is 3.54. The molecular weight excluding hydrogens is 431 g/mol. The topological polar surface area (TPSA) is 76.0 Å². The fraction of sp³-hybridized carbons (Fsp3) is 0.450. The van der Waals surface area contributed by atoms with Gasteiger partial charge in [-0.15, -0.1) is 0 Å². The van der Waals surface area contributed by atoms with E-state index in [0.717, 1.165) is 36.3 Å². The van der Waals surface area contributed by atoms with Crippen LogP contribution in [-0.4, -0.2) is 39.6 Å². The first-order valence-electron chi connectivity index (χ1n) is 9.46. The van der Waals surface area contributed by atoms with Crippen molar-refractivity contribution >= 4 is 46.8 Å². The molecule has 0 bridgehead atoms. The molecule has 2 atom stereocenters. The van der Waals surface area contributed by atoms with E-state index in [-0.39, 0.29) is 17.0 Å². The van der Waals surface area contributed by atoms with Crippen LogP contribution in [0.2, 0.25) is 10.0 Å². The molecule has 2 aromatic rings. The van der Waals surface area contributed by atoms with Gasteiger partial charge in [0.1, 0.15) is 6.04 Å². The molecule has 1 heterocycles. The van der Waals surface area contributed by atoms with E-state index in [0.29, 0.717) is 17.0 Å². The summed E-state index contributed by atoms with van der Waals surface area (Å²) in [6.45, 7) is 0. The van der Waals surface area contributed by atoms with Crippen molar-refractivity contribution in [3.05, 3.63) is 51.3 Å². The van der Waals surface area contributed by atoms with Crippen molar-refractivity contribution in [2.45, 2.75) is 37.8 Å². The van der Waals surface area contributed by atoms with Crippen LogP contribution in [-0.2, 0) is 18.3 Å². The van der Waals surface area contributed by atoms with Crippen LogP contribution in [0.3, 0.4) is 0 Å². The number of aromatic nitrogens is 2. The number of fused-ring (bicyclic) bond motifs is 1. The highest BCUT2D eigenvalue weighted by molar-refractivity contribution is 7.98. The maximum Gasteiger partial charge on any atom is 0.253 e. The summed E-state index contributed by atoms with van der Waals surface area (Å²) in [4.78, 5) is 25.7. The first-order valence-corrected chi connectivity index (χ1v) is 11.6. The Morgan fingerprint density at radius 2 is 2.17 bits per heavy atom. The summed E-state index contributed by atoms with van der Waals surface area (Å²) in [5.74, 6) is 0.160. The minimum atomic E-state index is -0.649. The number of nitrogens with zero attached hydrogens (tertiary/aromatic N) is 2. The van der Waals surface area contributed by atoms with Crippen molar-refractivity contribution in [2.75, 3.05) is 12.0 Å². The maximum atomic E-state index is 13.0. The van der Waals surface area contributed by atoms with Gasteiger partial charge in [-0.2, -0.15) is 16.9 Å². The Balaban J connectivity index is 1.72. The molecule has 2 N–H and O–H groups in total. The number of nitrogens with one attached hydrogen (secondary N) is 2. The normalized spacial score (nSPS) is 16.8. The highest BCUT2D eigenvalue weighted by Crippen LogP contribution is 2.29. The molecule has 0 saturated carbocycles. The smallest absolute Gasteiger partial charge is 0.253 e. The zero-order chi connectivity index (χ0) is 21.0. The molecule has 29 heavy (non-hydrogen) atoms. The third-order valence-corrected chi connectivity index (χ3v) is 6.29. The number of amides is 2.